The van der Waals surface area contributed by atoms with Crippen molar-refractivity contribution in [2.75, 3.05) is 0 Å². The molecule has 0 aliphatic rings. The van der Waals surface area contributed by atoms with Crippen molar-refractivity contribution in [1.29, 1.82) is 5.26 Å². The van der Waals surface area contributed by atoms with Gasteiger partial charge in [0, 0.05) is 13.2 Å². The summed E-state index contributed by atoms with van der Waals surface area (Å²) < 4.78 is 1.86. The number of hydrogen-bond acceptors (Lipinski definition) is 1. The van der Waals surface area contributed by atoms with Gasteiger partial charge in [-0.25, -0.2) is 0 Å². The molecule has 0 saturated heterocycles. The Labute approximate surface area is 73.4 Å². The second-order valence-electron chi connectivity index (χ2n) is 4.09. The summed E-state index contributed by atoms with van der Waals surface area (Å²) in [4.78, 5) is 0. The van der Waals surface area contributed by atoms with Crippen LogP contribution in [0.1, 0.15) is 32.0 Å². The van der Waals surface area contributed by atoms with E-state index in [0.717, 1.165) is 5.69 Å². The standard InChI is InChI=1S/C10H14N2/c1-10(2,3)8-5-9(6-11)12(4)7-8/h5,7H,1-4H3. The molecule has 64 valence electrons. The van der Waals surface area contributed by atoms with E-state index in [4.69, 9.17) is 5.26 Å². The first-order chi connectivity index (χ1) is 5.45. The van der Waals surface area contributed by atoms with Crippen molar-refractivity contribution < 1.29 is 0 Å². The molecule has 0 atom stereocenters. The van der Waals surface area contributed by atoms with Gasteiger partial charge in [0.25, 0.3) is 0 Å². The Balaban J connectivity index is 3.16. The first kappa shape index (κ1) is 8.86. The lowest BCUT2D eigenvalue weighted by atomic mass is 9.89. The number of aryl methyl sites for hydroxylation is 1. The Bertz CT molecular complexity index is 321. The zero-order chi connectivity index (χ0) is 9.35. The van der Waals surface area contributed by atoms with Crippen LogP contribution in [0.5, 0.6) is 0 Å². The number of aromatic nitrogens is 1. The highest BCUT2D eigenvalue weighted by molar-refractivity contribution is 5.32. The molecule has 2 heteroatoms. The van der Waals surface area contributed by atoms with Gasteiger partial charge in [-0.05, 0) is 17.0 Å². The Hall–Kier alpha value is -1.23. The van der Waals surface area contributed by atoms with E-state index in [1.54, 1.807) is 0 Å². The molecule has 12 heavy (non-hydrogen) atoms. The monoisotopic (exact) mass is 162 g/mol. The van der Waals surface area contributed by atoms with Crippen LogP contribution in [0, 0.1) is 11.3 Å². The maximum atomic E-state index is 8.73. The highest BCUT2D eigenvalue weighted by Gasteiger charge is 2.16. The molecule has 1 aromatic heterocycles. The fourth-order valence-corrected chi connectivity index (χ4v) is 1.09. The van der Waals surface area contributed by atoms with Crippen LogP contribution in [0.15, 0.2) is 12.3 Å². The number of nitrogens with zero attached hydrogens (tertiary/aromatic N) is 2. The molecule has 0 amide bonds. The molecule has 0 fully saturated rings. The van der Waals surface area contributed by atoms with E-state index in [-0.39, 0.29) is 5.41 Å². The van der Waals surface area contributed by atoms with Crippen molar-refractivity contribution in [2.24, 2.45) is 7.05 Å². The van der Waals surface area contributed by atoms with Gasteiger partial charge >= 0.3 is 0 Å². The first-order valence-corrected chi connectivity index (χ1v) is 4.02. The molecule has 0 unspecified atom stereocenters. The fourth-order valence-electron chi connectivity index (χ4n) is 1.09. The zero-order valence-corrected chi connectivity index (χ0v) is 8.05. The predicted molar refractivity (Wildman–Crippen MR) is 48.8 cm³/mol. The summed E-state index contributed by atoms with van der Waals surface area (Å²) in [5.74, 6) is 0. The van der Waals surface area contributed by atoms with Crippen LogP contribution >= 0.6 is 0 Å². The minimum atomic E-state index is 0.132. The summed E-state index contributed by atoms with van der Waals surface area (Å²) in [6.45, 7) is 6.43. The van der Waals surface area contributed by atoms with Gasteiger partial charge in [-0.2, -0.15) is 5.26 Å². The van der Waals surface area contributed by atoms with Crippen LogP contribution in [0.3, 0.4) is 0 Å². The number of rotatable bonds is 0. The average molecular weight is 162 g/mol. The van der Waals surface area contributed by atoms with Crippen LogP contribution < -0.4 is 0 Å². The second-order valence-corrected chi connectivity index (χ2v) is 4.09. The molecule has 0 saturated carbocycles. The molecule has 1 aromatic rings. The van der Waals surface area contributed by atoms with Gasteiger partial charge in [0.2, 0.25) is 0 Å². The van der Waals surface area contributed by atoms with Gasteiger partial charge in [0.15, 0.2) is 0 Å². The van der Waals surface area contributed by atoms with Gasteiger partial charge in [-0.15, -0.1) is 0 Å². The molecule has 0 spiro atoms. The number of hydrogen-bond donors (Lipinski definition) is 0. The third-order valence-corrected chi connectivity index (χ3v) is 1.99. The van der Waals surface area contributed by atoms with Gasteiger partial charge in [-0.1, -0.05) is 20.8 Å². The minimum Gasteiger partial charge on any atom is -0.342 e. The third-order valence-electron chi connectivity index (χ3n) is 1.99. The normalized spacial score (nSPS) is 11.2. The summed E-state index contributed by atoms with van der Waals surface area (Å²) in [5, 5.41) is 8.73. The smallest absolute Gasteiger partial charge is 0.120 e. The van der Waals surface area contributed by atoms with E-state index in [0.29, 0.717) is 0 Å². The molecule has 0 N–H and O–H groups in total. The quantitative estimate of drug-likeness (QED) is 0.575. The molecular formula is C10H14N2. The Kier molecular flexibility index (Phi) is 1.97. The van der Waals surface area contributed by atoms with Crippen molar-refractivity contribution in [3.05, 3.63) is 23.5 Å². The Morgan fingerprint density at radius 1 is 1.42 bits per heavy atom. The Morgan fingerprint density at radius 3 is 2.25 bits per heavy atom. The minimum absolute atomic E-state index is 0.132. The lowest BCUT2D eigenvalue weighted by Gasteiger charge is -2.15. The molecule has 1 heterocycles. The van der Waals surface area contributed by atoms with Crippen molar-refractivity contribution >= 4 is 0 Å². The van der Waals surface area contributed by atoms with Crippen LogP contribution in [0.4, 0.5) is 0 Å². The summed E-state index contributed by atoms with van der Waals surface area (Å²) in [7, 11) is 1.90. The molecule has 1 rings (SSSR count). The molecule has 0 radical (unpaired) electrons. The van der Waals surface area contributed by atoms with Crippen molar-refractivity contribution in [3.63, 3.8) is 0 Å². The highest BCUT2D eigenvalue weighted by Crippen LogP contribution is 2.23. The maximum absolute atomic E-state index is 8.73. The molecular weight excluding hydrogens is 148 g/mol. The van der Waals surface area contributed by atoms with Crippen molar-refractivity contribution in [2.45, 2.75) is 26.2 Å². The van der Waals surface area contributed by atoms with E-state index in [9.17, 15) is 0 Å². The van der Waals surface area contributed by atoms with E-state index < -0.39 is 0 Å². The SMILES string of the molecule is Cn1cc(C(C)(C)C)cc1C#N. The first-order valence-electron chi connectivity index (χ1n) is 4.02. The van der Waals surface area contributed by atoms with E-state index in [1.807, 2.05) is 23.9 Å². The van der Waals surface area contributed by atoms with E-state index in [2.05, 4.69) is 26.8 Å². The van der Waals surface area contributed by atoms with Gasteiger partial charge < -0.3 is 4.57 Å². The second kappa shape index (κ2) is 2.67. The van der Waals surface area contributed by atoms with E-state index in [1.165, 1.54) is 5.56 Å². The molecule has 0 aromatic carbocycles. The van der Waals surface area contributed by atoms with Crippen LogP contribution in [-0.2, 0) is 12.5 Å². The van der Waals surface area contributed by atoms with Crippen LogP contribution in [-0.4, -0.2) is 4.57 Å². The molecule has 0 aliphatic carbocycles. The van der Waals surface area contributed by atoms with Gasteiger partial charge in [0.05, 0.1) is 0 Å². The predicted octanol–water partition coefficient (Wildman–Crippen LogP) is 2.19. The number of nitriles is 1. The largest absolute Gasteiger partial charge is 0.342 e. The average Bonchev–Trinajstić information content (AvgIpc) is 2.29. The van der Waals surface area contributed by atoms with Crippen molar-refractivity contribution in [3.8, 4) is 6.07 Å². The molecule has 0 aliphatic heterocycles. The summed E-state index contributed by atoms with van der Waals surface area (Å²) >= 11 is 0. The fraction of sp³-hybridized carbons (Fsp3) is 0.500. The van der Waals surface area contributed by atoms with E-state index >= 15 is 0 Å². The summed E-state index contributed by atoms with van der Waals surface area (Å²) in [6, 6.07) is 4.10. The third kappa shape index (κ3) is 1.50. The summed E-state index contributed by atoms with van der Waals surface area (Å²) in [5.41, 5.74) is 2.06. The van der Waals surface area contributed by atoms with Gasteiger partial charge in [-0.3, -0.25) is 0 Å². The lowest BCUT2D eigenvalue weighted by molar-refractivity contribution is 0.589. The van der Waals surface area contributed by atoms with Gasteiger partial charge in [0.1, 0.15) is 11.8 Å². The summed E-state index contributed by atoms with van der Waals surface area (Å²) in [6.07, 6.45) is 2.01. The molecule has 2 nitrogen and oxygen atoms in total. The van der Waals surface area contributed by atoms with Crippen LogP contribution in [0.2, 0.25) is 0 Å². The van der Waals surface area contributed by atoms with Crippen LogP contribution in [0.25, 0.3) is 0 Å². The highest BCUT2D eigenvalue weighted by atomic mass is 14.9. The Morgan fingerprint density at radius 2 is 2.00 bits per heavy atom. The zero-order valence-electron chi connectivity index (χ0n) is 8.05. The topological polar surface area (TPSA) is 28.7 Å². The lowest BCUT2D eigenvalue weighted by Crippen LogP contribution is -2.09. The maximum Gasteiger partial charge on any atom is 0.120 e. The molecule has 0 bridgehead atoms. The van der Waals surface area contributed by atoms with Crippen molar-refractivity contribution in [1.82, 2.24) is 4.57 Å².